The van der Waals surface area contributed by atoms with E-state index < -0.39 is 5.82 Å². The van der Waals surface area contributed by atoms with Gasteiger partial charge in [-0.25, -0.2) is 4.39 Å². The molecule has 0 aromatic heterocycles. The molecule has 1 amide bonds. The maximum absolute atomic E-state index is 13.0. The van der Waals surface area contributed by atoms with Crippen LogP contribution in [0.2, 0.25) is 0 Å². The van der Waals surface area contributed by atoms with Crippen LogP contribution in [0.15, 0.2) is 18.2 Å². The molecule has 3 nitrogen and oxygen atoms in total. The van der Waals surface area contributed by atoms with E-state index in [9.17, 15) is 9.18 Å². The summed E-state index contributed by atoms with van der Waals surface area (Å²) in [5.41, 5.74) is 5.67. The molecule has 100 valence electrons. The van der Waals surface area contributed by atoms with Crippen molar-refractivity contribution in [1.82, 2.24) is 5.32 Å². The fourth-order valence-electron chi connectivity index (χ4n) is 2.01. The summed E-state index contributed by atoms with van der Waals surface area (Å²) in [7, 11) is 0. The largest absolute Gasteiger partial charge is 0.396 e. The van der Waals surface area contributed by atoms with Crippen molar-refractivity contribution in [3.63, 3.8) is 0 Å². The number of carbonyl (C=O) groups excluding carboxylic acids is 1. The topological polar surface area (TPSA) is 55.1 Å². The Bertz CT molecular complexity index is 420. The summed E-state index contributed by atoms with van der Waals surface area (Å²) in [6.45, 7) is 6.14. The fourth-order valence-corrected chi connectivity index (χ4v) is 2.01. The number of benzene rings is 1. The minimum atomic E-state index is -0.501. The zero-order valence-electron chi connectivity index (χ0n) is 11.2. The van der Waals surface area contributed by atoms with Crippen LogP contribution in [0.5, 0.6) is 0 Å². The van der Waals surface area contributed by atoms with Crippen molar-refractivity contribution in [2.45, 2.75) is 45.6 Å². The van der Waals surface area contributed by atoms with E-state index in [1.807, 2.05) is 20.8 Å². The number of hydrogen-bond donors (Lipinski definition) is 2. The lowest BCUT2D eigenvalue weighted by Crippen LogP contribution is -2.47. The van der Waals surface area contributed by atoms with Gasteiger partial charge in [-0.2, -0.15) is 0 Å². The molecule has 0 unspecified atom stereocenters. The second kappa shape index (κ2) is 5.85. The van der Waals surface area contributed by atoms with Crippen LogP contribution in [0.4, 0.5) is 10.1 Å². The Morgan fingerprint density at radius 1 is 1.28 bits per heavy atom. The third-order valence-corrected chi connectivity index (χ3v) is 3.67. The van der Waals surface area contributed by atoms with Crippen molar-refractivity contribution in [2.75, 3.05) is 5.73 Å². The Morgan fingerprint density at radius 2 is 1.83 bits per heavy atom. The van der Waals surface area contributed by atoms with E-state index in [0.29, 0.717) is 5.56 Å². The van der Waals surface area contributed by atoms with Crippen LogP contribution in [0, 0.1) is 5.82 Å². The van der Waals surface area contributed by atoms with Gasteiger partial charge in [0.1, 0.15) is 5.82 Å². The van der Waals surface area contributed by atoms with E-state index >= 15 is 0 Å². The smallest absolute Gasteiger partial charge is 0.251 e. The lowest BCUT2D eigenvalue weighted by molar-refractivity contribution is 0.0888. The molecule has 0 saturated carbocycles. The summed E-state index contributed by atoms with van der Waals surface area (Å²) in [4.78, 5) is 12.1. The van der Waals surface area contributed by atoms with Gasteiger partial charge >= 0.3 is 0 Å². The summed E-state index contributed by atoms with van der Waals surface area (Å²) in [5.74, 6) is -0.702. The second-order valence-electron chi connectivity index (χ2n) is 4.53. The summed E-state index contributed by atoms with van der Waals surface area (Å²) in [5, 5.41) is 3.03. The molecule has 0 aliphatic rings. The predicted octanol–water partition coefficient (Wildman–Crippen LogP) is 3.11. The highest BCUT2D eigenvalue weighted by molar-refractivity contribution is 5.95. The van der Waals surface area contributed by atoms with Crippen molar-refractivity contribution < 1.29 is 9.18 Å². The molecule has 0 saturated heterocycles. The van der Waals surface area contributed by atoms with Crippen LogP contribution in [0.25, 0.3) is 0 Å². The van der Waals surface area contributed by atoms with E-state index in [1.54, 1.807) is 0 Å². The van der Waals surface area contributed by atoms with Gasteiger partial charge in [-0.15, -0.1) is 0 Å². The number of amides is 1. The molecule has 0 bridgehead atoms. The van der Waals surface area contributed by atoms with Gasteiger partial charge in [0, 0.05) is 11.1 Å². The molecule has 0 aliphatic carbocycles. The highest BCUT2D eigenvalue weighted by Crippen LogP contribution is 2.20. The Kier molecular flexibility index (Phi) is 4.70. The highest BCUT2D eigenvalue weighted by Gasteiger charge is 2.26. The number of carbonyl (C=O) groups is 1. The maximum atomic E-state index is 13.0. The van der Waals surface area contributed by atoms with E-state index in [4.69, 9.17) is 5.73 Å². The number of nitrogens with two attached hydrogens (primary N) is 1. The van der Waals surface area contributed by atoms with E-state index in [1.165, 1.54) is 18.2 Å². The molecule has 3 N–H and O–H groups in total. The summed E-state index contributed by atoms with van der Waals surface area (Å²) in [6.07, 6.45) is 2.59. The molecule has 0 spiro atoms. The standard InChI is InChI=1S/C14H21FN2O/c1-4-14(5-2,6-3)17-13(18)10-7-8-11(15)12(16)9-10/h7-9H,4-6,16H2,1-3H3,(H,17,18). The second-order valence-corrected chi connectivity index (χ2v) is 4.53. The van der Waals surface area contributed by atoms with Crippen molar-refractivity contribution >= 4 is 11.6 Å². The molecular weight excluding hydrogens is 231 g/mol. The predicted molar refractivity (Wildman–Crippen MR) is 71.9 cm³/mol. The zero-order valence-corrected chi connectivity index (χ0v) is 11.2. The van der Waals surface area contributed by atoms with Crippen molar-refractivity contribution in [3.8, 4) is 0 Å². The van der Waals surface area contributed by atoms with Crippen LogP contribution in [0.3, 0.4) is 0 Å². The van der Waals surface area contributed by atoms with Gasteiger partial charge in [-0.1, -0.05) is 20.8 Å². The van der Waals surface area contributed by atoms with E-state index in [-0.39, 0.29) is 17.1 Å². The minimum absolute atomic E-state index is 0.00209. The van der Waals surface area contributed by atoms with Crippen LogP contribution in [0.1, 0.15) is 50.4 Å². The first-order chi connectivity index (χ1) is 8.48. The van der Waals surface area contributed by atoms with Gasteiger partial charge < -0.3 is 11.1 Å². The molecule has 1 rings (SSSR count). The Hall–Kier alpha value is -1.58. The van der Waals surface area contributed by atoms with Gasteiger partial charge in [0.2, 0.25) is 0 Å². The third kappa shape index (κ3) is 3.00. The first kappa shape index (κ1) is 14.5. The van der Waals surface area contributed by atoms with E-state index in [0.717, 1.165) is 19.3 Å². The number of halogens is 1. The van der Waals surface area contributed by atoms with Gasteiger partial charge in [0.25, 0.3) is 5.91 Å². The van der Waals surface area contributed by atoms with Gasteiger partial charge in [-0.05, 0) is 37.5 Å². The molecule has 4 heteroatoms. The monoisotopic (exact) mass is 252 g/mol. The van der Waals surface area contributed by atoms with Crippen molar-refractivity contribution in [1.29, 1.82) is 0 Å². The molecule has 0 heterocycles. The third-order valence-electron chi connectivity index (χ3n) is 3.67. The molecule has 18 heavy (non-hydrogen) atoms. The van der Waals surface area contributed by atoms with Crippen molar-refractivity contribution in [3.05, 3.63) is 29.6 Å². The average molecular weight is 252 g/mol. The lowest BCUT2D eigenvalue weighted by Gasteiger charge is -2.31. The van der Waals surface area contributed by atoms with Gasteiger partial charge in [0.15, 0.2) is 0 Å². The maximum Gasteiger partial charge on any atom is 0.251 e. The van der Waals surface area contributed by atoms with Crippen LogP contribution < -0.4 is 11.1 Å². The normalized spacial score (nSPS) is 11.3. The zero-order chi connectivity index (χ0) is 13.8. The molecular formula is C14H21FN2O. The van der Waals surface area contributed by atoms with Crippen molar-refractivity contribution in [2.24, 2.45) is 0 Å². The lowest BCUT2D eigenvalue weighted by atomic mass is 9.89. The number of hydrogen-bond acceptors (Lipinski definition) is 2. The molecule has 0 aliphatic heterocycles. The SMILES string of the molecule is CCC(CC)(CC)NC(=O)c1ccc(F)c(N)c1. The number of rotatable bonds is 5. The summed E-state index contributed by atoms with van der Waals surface area (Å²) >= 11 is 0. The quantitative estimate of drug-likeness (QED) is 0.791. The molecule has 1 aromatic carbocycles. The van der Waals surface area contributed by atoms with Crippen LogP contribution in [-0.4, -0.2) is 11.4 Å². The molecule has 0 radical (unpaired) electrons. The van der Waals surface area contributed by atoms with Gasteiger partial charge in [0.05, 0.1) is 5.69 Å². The Morgan fingerprint density at radius 3 is 2.28 bits per heavy atom. The molecule has 0 atom stereocenters. The van der Waals surface area contributed by atoms with E-state index in [2.05, 4.69) is 5.32 Å². The molecule has 0 fully saturated rings. The Balaban J connectivity index is 2.90. The summed E-state index contributed by atoms with van der Waals surface area (Å²) < 4.78 is 13.0. The van der Waals surface area contributed by atoms with Crippen LogP contribution >= 0.6 is 0 Å². The fraction of sp³-hybridized carbons (Fsp3) is 0.500. The Labute approximate surface area is 108 Å². The number of anilines is 1. The average Bonchev–Trinajstić information content (AvgIpc) is 2.39. The first-order valence-electron chi connectivity index (χ1n) is 6.35. The highest BCUT2D eigenvalue weighted by atomic mass is 19.1. The van der Waals surface area contributed by atoms with Crippen LogP contribution in [-0.2, 0) is 0 Å². The van der Waals surface area contributed by atoms with Gasteiger partial charge in [-0.3, -0.25) is 4.79 Å². The summed E-state index contributed by atoms with van der Waals surface area (Å²) in [6, 6.07) is 4.04. The first-order valence-corrected chi connectivity index (χ1v) is 6.35. The minimum Gasteiger partial charge on any atom is -0.396 e. The molecule has 1 aromatic rings. The number of nitrogens with one attached hydrogen (secondary N) is 1. The number of nitrogen functional groups attached to an aromatic ring is 1.